The van der Waals surface area contributed by atoms with Gasteiger partial charge in [0, 0.05) is 0 Å². The summed E-state index contributed by atoms with van der Waals surface area (Å²) >= 11 is 4.60. The number of aryl methyl sites for hydroxylation is 1. The summed E-state index contributed by atoms with van der Waals surface area (Å²) in [5.41, 5.74) is 1.02. The Balaban J connectivity index is 0.000000490. The average molecular weight is 184 g/mol. The van der Waals surface area contributed by atoms with E-state index in [9.17, 15) is 0 Å². The third kappa shape index (κ3) is 1.91. The molecule has 1 aromatic heterocycles. The summed E-state index contributed by atoms with van der Waals surface area (Å²) in [6, 6.07) is 0. The van der Waals surface area contributed by atoms with Crippen molar-refractivity contribution >= 4 is 27.5 Å². The SMILES string of the molecule is Cc1ns[c-]c1Br.[Li+]. The van der Waals surface area contributed by atoms with Crippen molar-refractivity contribution in [3.05, 3.63) is 15.5 Å². The van der Waals surface area contributed by atoms with Gasteiger partial charge in [-0.2, -0.15) is 16.9 Å². The zero-order valence-corrected chi connectivity index (χ0v) is 7.14. The second-order valence-corrected chi connectivity index (χ2v) is 2.55. The van der Waals surface area contributed by atoms with Gasteiger partial charge in [-0.25, -0.2) is 0 Å². The van der Waals surface area contributed by atoms with Crippen molar-refractivity contribution in [3.8, 4) is 0 Å². The van der Waals surface area contributed by atoms with Gasteiger partial charge in [-0.05, 0) is 0 Å². The van der Waals surface area contributed by atoms with Crippen LogP contribution in [0.3, 0.4) is 0 Å². The number of rotatable bonds is 0. The fraction of sp³-hybridized carbons (Fsp3) is 0.250. The van der Waals surface area contributed by atoms with Gasteiger partial charge in [-0.15, -0.1) is 4.47 Å². The fourth-order valence-corrected chi connectivity index (χ4v) is 1.17. The summed E-state index contributed by atoms with van der Waals surface area (Å²) in [5, 5.41) is 2.92. The maximum Gasteiger partial charge on any atom is 1.00 e. The van der Waals surface area contributed by atoms with Crippen LogP contribution >= 0.6 is 27.5 Å². The number of nitrogens with zero attached hydrogens (tertiary/aromatic N) is 1. The summed E-state index contributed by atoms with van der Waals surface area (Å²) in [6.45, 7) is 1.94. The van der Waals surface area contributed by atoms with Crippen molar-refractivity contribution in [3.63, 3.8) is 0 Å². The molecule has 0 spiro atoms. The first-order valence-electron chi connectivity index (χ1n) is 1.80. The van der Waals surface area contributed by atoms with Crippen LogP contribution in [0.5, 0.6) is 0 Å². The monoisotopic (exact) mass is 183 g/mol. The molecule has 0 unspecified atom stereocenters. The van der Waals surface area contributed by atoms with Crippen LogP contribution in [0.25, 0.3) is 0 Å². The van der Waals surface area contributed by atoms with Crippen LogP contribution in [-0.2, 0) is 0 Å². The summed E-state index contributed by atoms with van der Waals surface area (Å²) in [4.78, 5) is 0. The van der Waals surface area contributed by atoms with Crippen LogP contribution in [0, 0.1) is 12.3 Å². The maximum atomic E-state index is 3.96. The molecule has 1 nitrogen and oxygen atoms in total. The van der Waals surface area contributed by atoms with Gasteiger partial charge in [0.2, 0.25) is 0 Å². The molecule has 1 aromatic rings. The molecule has 0 bridgehead atoms. The van der Waals surface area contributed by atoms with E-state index in [2.05, 4.69) is 25.7 Å². The third-order valence-electron chi connectivity index (χ3n) is 0.635. The van der Waals surface area contributed by atoms with Crippen LogP contribution < -0.4 is 18.9 Å². The summed E-state index contributed by atoms with van der Waals surface area (Å²) in [6.07, 6.45) is 0. The summed E-state index contributed by atoms with van der Waals surface area (Å²) < 4.78 is 4.94. The quantitative estimate of drug-likeness (QED) is 0.373. The molecule has 0 aliphatic carbocycles. The van der Waals surface area contributed by atoms with Gasteiger partial charge in [-0.3, -0.25) is 0 Å². The number of hydrogen-bond donors (Lipinski definition) is 0. The van der Waals surface area contributed by atoms with E-state index in [-0.39, 0.29) is 18.9 Å². The van der Waals surface area contributed by atoms with E-state index in [1.54, 1.807) is 0 Å². The smallest absolute Gasteiger partial charge is 0.312 e. The minimum atomic E-state index is 0. The molecular formula is C4H3BrLiNS. The summed E-state index contributed by atoms with van der Waals surface area (Å²) in [7, 11) is 0. The van der Waals surface area contributed by atoms with E-state index in [4.69, 9.17) is 0 Å². The third-order valence-corrected chi connectivity index (χ3v) is 2.33. The van der Waals surface area contributed by atoms with Gasteiger partial charge >= 0.3 is 18.9 Å². The molecule has 1 rings (SSSR count). The Hall–Kier alpha value is 0.707. The van der Waals surface area contributed by atoms with Crippen molar-refractivity contribution in [2.24, 2.45) is 0 Å². The predicted molar refractivity (Wildman–Crippen MR) is 33.4 cm³/mol. The molecule has 0 atom stereocenters. The molecule has 0 radical (unpaired) electrons. The molecule has 0 saturated heterocycles. The van der Waals surface area contributed by atoms with E-state index >= 15 is 0 Å². The van der Waals surface area contributed by atoms with E-state index < -0.39 is 0 Å². The zero-order chi connectivity index (χ0) is 5.28. The first-order valence-corrected chi connectivity index (χ1v) is 3.37. The van der Waals surface area contributed by atoms with Crippen molar-refractivity contribution in [1.82, 2.24) is 4.37 Å². The molecule has 38 valence electrons. The zero-order valence-electron chi connectivity index (χ0n) is 4.73. The topological polar surface area (TPSA) is 12.9 Å². The van der Waals surface area contributed by atoms with E-state index in [0.29, 0.717) is 0 Å². The first-order chi connectivity index (χ1) is 3.30. The van der Waals surface area contributed by atoms with Gasteiger partial charge in [0.25, 0.3) is 0 Å². The van der Waals surface area contributed by atoms with Crippen LogP contribution in [0.2, 0.25) is 0 Å². The second-order valence-electron chi connectivity index (χ2n) is 1.18. The first kappa shape index (κ1) is 8.71. The standard InChI is InChI=1S/C4H3BrNS.Li/c1-3-4(5)2-7-6-3;/h1H3;/q-1;+1. The molecule has 0 N–H and O–H groups in total. The van der Waals surface area contributed by atoms with Crippen molar-refractivity contribution in [2.45, 2.75) is 6.92 Å². The number of aromatic nitrogens is 1. The Morgan fingerprint density at radius 3 is 2.50 bits per heavy atom. The molecule has 0 aromatic carbocycles. The molecule has 0 fully saturated rings. The number of hydrogen-bond acceptors (Lipinski definition) is 2. The number of halogens is 1. The van der Waals surface area contributed by atoms with Gasteiger partial charge < -0.3 is 4.37 Å². The maximum absolute atomic E-state index is 3.96. The fourth-order valence-electron chi connectivity index (χ4n) is 0.245. The van der Waals surface area contributed by atoms with Gasteiger partial charge in [-0.1, -0.05) is 28.5 Å². The molecule has 0 amide bonds. The molecule has 0 aliphatic rings. The van der Waals surface area contributed by atoms with Gasteiger partial charge in [0.05, 0.1) is 0 Å². The Bertz CT molecular complexity index is 148. The molecule has 1 heterocycles. The molecule has 4 heteroatoms. The Labute approximate surface area is 73.0 Å². The van der Waals surface area contributed by atoms with Crippen molar-refractivity contribution in [2.75, 3.05) is 0 Å². The second kappa shape index (κ2) is 3.68. The largest absolute Gasteiger partial charge is 1.00 e. The normalized spacial score (nSPS) is 8.25. The average Bonchev–Trinajstić information content (AvgIpc) is 1.91. The van der Waals surface area contributed by atoms with Crippen LogP contribution in [0.4, 0.5) is 0 Å². The predicted octanol–water partition coefficient (Wildman–Crippen LogP) is -0.982. The minimum Gasteiger partial charge on any atom is -0.312 e. The van der Waals surface area contributed by atoms with Crippen LogP contribution in [0.15, 0.2) is 4.47 Å². The Morgan fingerprint density at radius 2 is 2.38 bits per heavy atom. The van der Waals surface area contributed by atoms with Crippen molar-refractivity contribution in [1.29, 1.82) is 0 Å². The minimum absolute atomic E-state index is 0. The van der Waals surface area contributed by atoms with E-state index in [0.717, 1.165) is 10.2 Å². The molecule has 0 aliphatic heterocycles. The molecule has 8 heavy (non-hydrogen) atoms. The van der Waals surface area contributed by atoms with Gasteiger partial charge in [0.15, 0.2) is 0 Å². The van der Waals surface area contributed by atoms with Gasteiger partial charge in [0.1, 0.15) is 0 Å². The Morgan fingerprint density at radius 1 is 1.75 bits per heavy atom. The van der Waals surface area contributed by atoms with Crippen LogP contribution in [-0.4, -0.2) is 4.37 Å². The summed E-state index contributed by atoms with van der Waals surface area (Å²) in [5.74, 6) is 0. The van der Waals surface area contributed by atoms with Crippen LogP contribution in [0.1, 0.15) is 5.69 Å². The van der Waals surface area contributed by atoms with E-state index in [1.807, 2.05) is 6.92 Å². The molecular weight excluding hydrogens is 181 g/mol. The van der Waals surface area contributed by atoms with E-state index in [1.165, 1.54) is 11.5 Å². The van der Waals surface area contributed by atoms with Crippen molar-refractivity contribution < 1.29 is 18.9 Å². The Kier molecular flexibility index (Phi) is 4.01. The molecule has 0 saturated carbocycles.